The molecular weight excluding hydrogens is 787 g/mol. The summed E-state index contributed by atoms with van der Waals surface area (Å²) in [5.41, 5.74) is 6.36. The van der Waals surface area contributed by atoms with Crippen molar-refractivity contribution >= 4 is 40.4 Å². The number of ether oxygens (including phenoxy) is 3. The molecule has 54 heavy (non-hydrogen) atoms. The molecule has 23 nitrogen and oxygen atoms in total. The molecule has 0 radical (unpaired) electrons. The first-order valence-electron chi connectivity index (χ1n) is 17.3. The lowest BCUT2D eigenvalue weighted by Gasteiger charge is -2.45. The third-order valence-corrected chi connectivity index (χ3v) is 12.6. The second kappa shape index (κ2) is 20.2. The summed E-state index contributed by atoms with van der Waals surface area (Å²) < 4.78 is 110. The topological polar surface area (TPSA) is 292 Å². The summed E-state index contributed by atoms with van der Waals surface area (Å²) in [5, 5.41) is 32.9. The second-order valence-corrected chi connectivity index (χ2v) is 16.1. The van der Waals surface area contributed by atoms with E-state index < -0.39 is 91.9 Å². The van der Waals surface area contributed by atoms with Gasteiger partial charge in [-0.3, -0.25) is 45.3 Å². The number of fused-ring (bicyclic) bond motifs is 1. The Balaban J connectivity index is 1.79. The molecule has 2 aromatic rings. The Bertz CT molecular complexity index is 1600. The van der Waals surface area contributed by atoms with Crippen molar-refractivity contribution in [2.24, 2.45) is 0 Å². The van der Waals surface area contributed by atoms with E-state index in [0.29, 0.717) is 0 Å². The zero-order chi connectivity index (χ0) is 39.7. The summed E-state index contributed by atoms with van der Waals surface area (Å²) in [5.74, 6) is 0.0428. The lowest BCUT2D eigenvalue weighted by Crippen LogP contribution is -2.61. The standard InChI is InChI=1S/C28H50N5O18P3/c1-7-40-52(37,41-8-2)49-22-18(14-35)47-28(20(36)23(22)50-53(38,42-9-3)43-10-4)48-21-17(13-34)46-27(24(21)51-54(39,44-11-5)45-12-6)33-16-32-19-25(29)30-15-31-26(19)33/h15-18,20-24,27-28,34-36H,7-14H2,1-6H3,(H2,29,30,31)/t17-,18-,20-,21?,22-,23-,24-,27-,28-/m1/s1. The Morgan fingerprint density at radius 1 is 0.685 bits per heavy atom. The van der Waals surface area contributed by atoms with E-state index in [4.69, 9.17) is 60.7 Å². The molecule has 2 aliphatic heterocycles. The van der Waals surface area contributed by atoms with E-state index in [1.54, 1.807) is 13.8 Å². The molecular formula is C28H50N5O18P3. The van der Waals surface area contributed by atoms with Crippen molar-refractivity contribution in [2.75, 3.05) is 58.6 Å². The molecule has 4 rings (SSSR count). The highest BCUT2D eigenvalue weighted by atomic mass is 31.2. The number of phosphoric acid groups is 3. The molecule has 1 unspecified atom stereocenters. The molecule has 2 fully saturated rings. The predicted molar refractivity (Wildman–Crippen MR) is 185 cm³/mol. The van der Waals surface area contributed by atoms with Gasteiger partial charge >= 0.3 is 23.5 Å². The summed E-state index contributed by atoms with van der Waals surface area (Å²) in [7, 11) is -13.3. The lowest BCUT2D eigenvalue weighted by molar-refractivity contribution is -0.313. The SMILES string of the molecule is CCOP(=O)(OCC)O[C@@H]1[C@@H](O)[C@@H](OC2[C@@H](OP(=O)(OCC)OCC)[C@H](n3cnc4c(N)ncnc43)O[C@@H]2CO)O[C@H](CO)[C@H]1OP(=O)(OCC)OCC. The summed E-state index contributed by atoms with van der Waals surface area (Å²) in [6, 6.07) is 0. The van der Waals surface area contributed by atoms with E-state index in [9.17, 15) is 29.0 Å². The normalized spacial score (nSPS) is 28.3. The zero-order valence-electron chi connectivity index (χ0n) is 30.7. The smallest absolute Gasteiger partial charge is 0.394 e. The van der Waals surface area contributed by atoms with Crippen LogP contribution in [0.1, 0.15) is 47.8 Å². The van der Waals surface area contributed by atoms with E-state index in [0.717, 1.165) is 0 Å². The van der Waals surface area contributed by atoms with Crippen LogP contribution in [0.2, 0.25) is 0 Å². The van der Waals surface area contributed by atoms with Crippen molar-refractivity contribution in [2.45, 2.75) is 96.8 Å². The van der Waals surface area contributed by atoms with Gasteiger partial charge in [0.15, 0.2) is 24.0 Å². The molecule has 2 aliphatic rings. The van der Waals surface area contributed by atoms with Gasteiger partial charge in [0.1, 0.15) is 54.6 Å². The van der Waals surface area contributed by atoms with Crippen LogP contribution in [-0.2, 0) is 68.6 Å². The van der Waals surface area contributed by atoms with Crippen LogP contribution >= 0.6 is 23.5 Å². The van der Waals surface area contributed by atoms with E-state index in [-0.39, 0.29) is 56.6 Å². The van der Waals surface area contributed by atoms with E-state index >= 15 is 0 Å². The number of aliphatic hydroxyl groups is 3. The van der Waals surface area contributed by atoms with Crippen LogP contribution in [0, 0.1) is 0 Å². The number of nitrogens with two attached hydrogens (primary N) is 1. The molecule has 9 atom stereocenters. The Kier molecular flexibility index (Phi) is 16.9. The highest BCUT2D eigenvalue weighted by molar-refractivity contribution is 7.49. The number of nitrogens with zero attached hydrogens (tertiary/aromatic N) is 4. The number of aromatic nitrogens is 4. The summed E-state index contributed by atoms with van der Waals surface area (Å²) in [6.45, 7) is 6.84. The van der Waals surface area contributed by atoms with Crippen molar-refractivity contribution < 1.29 is 83.9 Å². The third kappa shape index (κ3) is 10.5. The van der Waals surface area contributed by atoms with Gasteiger partial charge in [-0.25, -0.2) is 28.6 Å². The van der Waals surface area contributed by atoms with Crippen molar-refractivity contribution in [3.63, 3.8) is 0 Å². The second-order valence-electron chi connectivity index (χ2n) is 11.2. The molecule has 2 saturated heterocycles. The number of hydrogen-bond donors (Lipinski definition) is 4. The van der Waals surface area contributed by atoms with Crippen LogP contribution in [0.4, 0.5) is 5.82 Å². The van der Waals surface area contributed by atoms with Gasteiger partial charge in [-0.1, -0.05) is 0 Å². The largest absolute Gasteiger partial charge is 0.475 e. The molecule has 0 spiro atoms. The Labute approximate surface area is 311 Å². The Hall–Kier alpha value is -1.56. The zero-order valence-corrected chi connectivity index (χ0v) is 33.4. The maximum atomic E-state index is 13.8. The van der Waals surface area contributed by atoms with E-state index in [2.05, 4.69) is 15.0 Å². The first kappa shape index (κ1) is 45.1. The molecule has 0 aromatic carbocycles. The van der Waals surface area contributed by atoms with Gasteiger partial charge in [0, 0.05) is 0 Å². The van der Waals surface area contributed by atoms with Gasteiger partial charge in [0.25, 0.3) is 0 Å². The fraction of sp³-hybridized carbons (Fsp3) is 0.821. The molecule has 0 aliphatic carbocycles. The highest BCUT2D eigenvalue weighted by Crippen LogP contribution is 2.57. The molecule has 310 valence electrons. The van der Waals surface area contributed by atoms with Crippen LogP contribution < -0.4 is 5.73 Å². The van der Waals surface area contributed by atoms with Crippen molar-refractivity contribution in [1.82, 2.24) is 19.5 Å². The molecule has 0 bridgehead atoms. The number of imidazole rings is 1. The van der Waals surface area contributed by atoms with Gasteiger partial charge < -0.3 is 35.3 Å². The maximum absolute atomic E-state index is 13.8. The van der Waals surface area contributed by atoms with Crippen LogP contribution in [0.25, 0.3) is 11.2 Å². The fourth-order valence-electron chi connectivity index (χ4n) is 5.66. The number of aliphatic hydroxyl groups excluding tert-OH is 3. The van der Waals surface area contributed by atoms with Crippen molar-refractivity contribution in [1.29, 1.82) is 0 Å². The highest BCUT2D eigenvalue weighted by Gasteiger charge is 2.57. The Morgan fingerprint density at radius 2 is 1.15 bits per heavy atom. The first-order chi connectivity index (χ1) is 25.8. The summed E-state index contributed by atoms with van der Waals surface area (Å²) in [6.07, 6.45) is -12.1. The first-order valence-corrected chi connectivity index (χ1v) is 21.7. The average Bonchev–Trinajstić information content (AvgIpc) is 3.69. The minimum atomic E-state index is -4.50. The number of nitrogen functional groups attached to an aromatic ring is 1. The fourth-order valence-corrected chi connectivity index (χ4v) is 9.76. The maximum Gasteiger partial charge on any atom is 0.475 e. The van der Waals surface area contributed by atoms with Crippen LogP contribution in [-0.4, -0.2) is 137 Å². The van der Waals surface area contributed by atoms with Gasteiger partial charge in [-0.15, -0.1) is 0 Å². The molecule has 5 N–H and O–H groups in total. The summed E-state index contributed by atoms with van der Waals surface area (Å²) in [4.78, 5) is 12.4. The van der Waals surface area contributed by atoms with Gasteiger partial charge in [0.05, 0.1) is 59.2 Å². The lowest BCUT2D eigenvalue weighted by atomic mass is 9.99. The number of phosphoric ester groups is 3. The van der Waals surface area contributed by atoms with Crippen LogP contribution in [0.5, 0.6) is 0 Å². The van der Waals surface area contributed by atoms with E-state index in [1.807, 2.05) is 0 Å². The monoisotopic (exact) mass is 837 g/mol. The van der Waals surface area contributed by atoms with E-state index in [1.165, 1.54) is 44.9 Å². The predicted octanol–water partition coefficient (Wildman–Crippen LogP) is 2.46. The van der Waals surface area contributed by atoms with Gasteiger partial charge in [0.2, 0.25) is 0 Å². The quantitative estimate of drug-likeness (QED) is 0.117. The van der Waals surface area contributed by atoms with Crippen LogP contribution in [0.3, 0.4) is 0 Å². The molecule has 2 aromatic heterocycles. The molecule has 4 heterocycles. The number of rotatable bonds is 23. The van der Waals surface area contributed by atoms with Crippen molar-refractivity contribution in [3.8, 4) is 0 Å². The molecule has 0 amide bonds. The minimum Gasteiger partial charge on any atom is -0.394 e. The minimum absolute atomic E-state index is 0.0428. The van der Waals surface area contributed by atoms with Crippen LogP contribution in [0.15, 0.2) is 12.7 Å². The molecule has 0 saturated carbocycles. The average molecular weight is 838 g/mol. The third-order valence-electron chi connectivity index (χ3n) is 7.69. The Morgan fingerprint density at radius 3 is 1.63 bits per heavy atom. The van der Waals surface area contributed by atoms with Crippen molar-refractivity contribution in [3.05, 3.63) is 12.7 Å². The van der Waals surface area contributed by atoms with Gasteiger partial charge in [-0.2, -0.15) is 0 Å². The number of hydrogen-bond acceptors (Lipinski definition) is 22. The molecule has 26 heteroatoms. The van der Waals surface area contributed by atoms with Gasteiger partial charge in [-0.05, 0) is 41.5 Å². The summed E-state index contributed by atoms with van der Waals surface area (Å²) >= 11 is 0. The number of anilines is 1.